The van der Waals surface area contributed by atoms with Crippen LogP contribution in [0.4, 0.5) is 0 Å². The lowest BCUT2D eigenvalue weighted by molar-refractivity contribution is -0.220. The molecule has 15 heteroatoms. The van der Waals surface area contributed by atoms with Gasteiger partial charge in [0.05, 0.1) is 12.7 Å². The number of hydrogen-bond acceptors (Lipinski definition) is 13. The standard InChI is InChI=1S/C49H81O14P/c1-3-5-7-9-11-12-13-14-15-16-17-18-19-20-24-28-32-36-42(51)60-38-41(39-61-64(58,59)63-49-47(56)45(54)44(53)46(55)48(49)57)62-43(52)37-33-29-25-22-21-23-27-31-35-40(50)34-30-26-10-8-6-4-2/h11-12,14-15,17-18,22-23,25-27,30-31,35,40-41,44-50,53-57H,3-10,13,16,19-21,24,28-29,32-34,36-39H2,1-2H3,(H,58,59)/b12-11-,15-14-,18-17-,25-22-,27-23-,30-26-,35-31+/t40-,41+,44?,45-,46+,47+,48+,49?/m0/s1. The minimum atomic E-state index is -5.16. The molecule has 0 saturated heterocycles. The number of esters is 2. The maximum absolute atomic E-state index is 12.8. The van der Waals surface area contributed by atoms with Crippen LogP contribution < -0.4 is 0 Å². The van der Waals surface area contributed by atoms with E-state index in [-0.39, 0.29) is 12.8 Å². The highest BCUT2D eigenvalue weighted by atomic mass is 31.2. The summed E-state index contributed by atoms with van der Waals surface area (Å²) in [5.74, 6) is -1.24. The Bertz CT molecular complexity index is 1460. The number of phosphoric ester groups is 1. The number of rotatable bonds is 37. The maximum Gasteiger partial charge on any atom is 0.472 e. The molecular formula is C49H81O14P. The summed E-state index contributed by atoms with van der Waals surface area (Å²) in [7, 11) is -5.16. The molecule has 1 fully saturated rings. The molecular weight excluding hydrogens is 843 g/mol. The van der Waals surface area contributed by atoms with Gasteiger partial charge >= 0.3 is 19.8 Å². The lowest BCUT2D eigenvalue weighted by atomic mass is 9.85. The highest BCUT2D eigenvalue weighted by Gasteiger charge is 2.51. The minimum Gasteiger partial charge on any atom is -0.462 e. The number of aliphatic hydroxyl groups excluding tert-OH is 6. The van der Waals surface area contributed by atoms with E-state index in [9.17, 15) is 49.7 Å². The molecule has 0 heterocycles. The van der Waals surface area contributed by atoms with Gasteiger partial charge in [0.1, 0.15) is 43.2 Å². The van der Waals surface area contributed by atoms with Crippen LogP contribution in [-0.4, -0.2) is 110 Å². The average Bonchev–Trinajstić information content (AvgIpc) is 3.27. The summed E-state index contributed by atoms with van der Waals surface area (Å²) in [5, 5.41) is 60.2. The molecule has 0 amide bonds. The van der Waals surface area contributed by atoms with E-state index in [2.05, 4.69) is 56.4 Å². The van der Waals surface area contributed by atoms with Crippen LogP contribution in [0, 0.1) is 0 Å². The van der Waals surface area contributed by atoms with Crippen molar-refractivity contribution in [2.45, 2.75) is 198 Å². The van der Waals surface area contributed by atoms with E-state index in [0.717, 1.165) is 57.8 Å². The number of unbranched alkanes of at least 4 members (excludes halogenated alkanes) is 11. The lowest BCUT2D eigenvalue weighted by Crippen LogP contribution is -2.64. The predicted octanol–water partition coefficient (Wildman–Crippen LogP) is 8.25. The summed E-state index contributed by atoms with van der Waals surface area (Å²) in [6, 6.07) is 0. The fourth-order valence-electron chi connectivity index (χ4n) is 6.43. The van der Waals surface area contributed by atoms with Crippen molar-refractivity contribution in [1.29, 1.82) is 0 Å². The third-order valence-corrected chi connectivity index (χ3v) is 11.3. The number of phosphoric acid groups is 1. The molecule has 0 spiro atoms. The second kappa shape index (κ2) is 38.1. The van der Waals surface area contributed by atoms with Crippen molar-refractivity contribution in [3.05, 3.63) is 85.1 Å². The summed E-state index contributed by atoms with van der Waals surface area (Å²) in [6.45, 7) is 3.09. The van der Waals surface area contributed by atoms with E-state index in [1.807, 2.05) is 30.4 Å². The molecule has 0 aromatic rings. The molecule has 1 aliphatic carbocycles. The van der Waals surface area contributed by atoms with Crippen LogP contribution in [0.2, 0.25) is 0 Å². The molecule has 0 aliphatic heterocycles. The first-order chi connectivity index (χ1) is 30.8. The molecule has 1 aliphatic rings. The van der Waals surface area contributed by atoms with Crippen molar-refractivity contribution in [2.24, 2.45) is 0 Å². The van der Waals surface area contributed by atoms with Crippen LogP contribution >= 0.6 is 7.82 Å². The Labute approximate surface area is 382 Å². The smallest absolute Gasteiger partial charge is 0.462 e. The van der Waals surface area contributed by atoms with Gasteiger partial charge in [0.2, 0.25) is 0 Å². The van der Waals surface area contributed by atoms with Crippen molar-refractivity contribution in [3.63, 3.8) is 0 Å². The molecule has 64 heavy (non-hydrogen) atoms. The number of ether oxygens (including phenoxy) is 2. The molecule has 0 bridgehead atoms. The van der Waals surface area contributed by atoms with E-state index in [4.69, 9.17) is 18.5 Å². The molecule has 0 radical (unpaired) electrons. The van der Waals surface area contributed by atoms with Crippen molar-refractivity contribution < 1.29 is 68.2 Å². The molecule has 0 aromatic carbocycles. The zero-order valence-electron chi connectivity index (χ0n) is 38.4. The number of carbonyl (C=O) groups is 2. The third-order valence-electron chi connectivity index (χ3n) is 10.3. The Morgan fingerprint density at radius 3 is 1.64 bits per heavy atom. The zero-order chi connectivity index (χ0) is 47.3. The van der Waals surface area contributed by atoms with Gasteiger partial charge in [-0.15, -0.1) is 0 Å². The molecule has 366 valence electrons. The van der Waals surface area contributed by atoms with Crippen LogP contribution in [0.3, 0.4) is 0 Å². The Balaban J connectivity index is 2.55. The molecule has 1 saturated carbocycles. The highest BCUT2D eigenvalue weighted by Crippen LogP contribution is 2.47. The van der Waals surface area contributed by atoms with Crippen molar-refractivity contribution >= 4 is 19.8 Å². The maximum atomic E-state index is 12.8. The van der Waals surface area contributed by atoms with Gasteiger partial charge in [-0.3, -0.25) is 18.6 Å². The number of hydrogen-bond donors (Lipinski definition) is 7. The summed E-state index contributed by atoms with van der Waals surface area (Å²) < 4.78 is 33.4. The van der Waals surface area contributed by atoms with Crippen molar-refractivity contribution in [3.8, 4) is 0 Å². The van der Waals surface area contributed by atoms with Crippen LogP contribution in [-0.2, 0) is 32.7 Å². The molecule has 3 unspecified atom stereocenters. The first kappa shape index (κ1) is 59.0. The molecule has 0 aromatic heterocycles. The van der Waals surface area contributed by atoms with E-state index < -0.39 is 81.8 Å². The van der Waals surface area contributed by atoms with Gasteiger partial charge in [0.15, 0.2) is 6.10 Å². The van der Waals surface area contributed by atoms with Crippen molar-refractivity contribution in [1.82, 2.24) is 0 Å². The lowest BCUT2D eigenvalue weighted by Gasteiger charge is -2.41. The number of carbonyl (C=O) groups excluding carboxylic acids is 2. The Morgan fingerprint density at radius 2 is 1.05 bits per heavy atom. The Kier molecular flexibility index (Phi) is 35.2. The molecule has 9 atom stereocenters. The normalized spacial score (nSPS) is 22.8. The van der Waals surface area contributed by atoms with Crippen molar-refractivity contribution in [2.75, 3.05) is 13.2 Å². The predicted molar refractivity (Wildman–Crippen MR) is 250 cm³/mol. The van der Waals surface area contributed by atoms with Crippen LogP contribution in [0.1, 0.15) is 149 Å². The van der Waals surface area contributed by atoms with E-state index in [1.165, 1.54) is 32.1 Å². The topological polar surface area (TPSA) is 230 Å². The summed E-state index contributed by atoms with van der Waals surface area (Å²) >= 11 is 0. The first-order valence-corrected chi connectivity index (χ1v) is 25.0. The SMILES string of the molecule is CCCCC/C=C\C/C=C\C/C=C\CCCCCCC(=O)OC[C@H](COP(=O)(O)OC1[C@H](O)[C@H](O)C(O)[C@H](O)[C@H]1O)OC(=O)CCC/C=C\C/C=C\C=C\[C@@H](O)C/C=C\CCCCC. The number of aliphatic hydroxyl groups is 6. The fourth-order valence-corrected chi connectivity index (χ4v) is 7.40. The quantitative estimate of drug-likeness (QED) is 0.0102. The van der Waals surface area contributed by atoms with Crippen LogP contribution in [0.5, 0.6) is 0 Å². The largest absolute Gasteiger partial charge is 0.472 e. The van der Waals surface area contributed by atoms with Gasteiger partial charge in [-0.05, 0) is 83.5 Å². The second-order valence-electron chi connectivity index (χ2n) is 16.1. The van der Waals surface area contributed by atoms with E-state index in [0.29, 0.717) is 32.1 Å². The number of allylic oxidation sites excluding steroid dienone is 12. The van der Waals surface area contributed by atoms with Crippen LogP contribution in [0.25, 0.3) is 0 Å². The van der Waals surface area contributed by atoms with Gasteiger partial charge in [-0.2, -0.15) is 0 Å². The van der Waals surface area contributed by atoms with Gasteiger partial charge in [-0.25, -0.2) is 4.57 Å². The summed E-state index contributed by atoms with van der Waals surface area (Å²) in [6.07, 6.45) is 32.3. The molecule has 14 nitrogen and oxygen atoms in total. The third kappa shape index (κ3) is 30.2. The van der Waals surface area contributed by atoms with Gasteiger partial charge < -0.3 is 45.0 Å². The van der Waals surface area contributed by atoms with Gasteiger partial charge in [0, 0.05) is 12.8 Å². The highest BCUT2D eigenvalue weighted by molar-refractivity contribution is 7.47. The minimum absolute atomic E-state index is 0.0209. The second-order valence-corrected chi connectivity index (χ2v) is 17.5. The Hall–Kier alpha value is -3.01. The van der Waals surface area contributed by atoms with Gasteiger partial charge in [-0.1, -0.05) is 137 Å². The van der Waals surface area contributed by atoms with Gasteiger partial charge in [0.25, 0.3) is 0 Å². The van der Waals surface area contributed by atoms with E-state index in [1.54, 1.807) is 12.2 Å². The van der Waals surface area contributed by atoms with Crippen LogP contribution in [0.15, 0.2) is 85.1 Å². The molecule has 1 rings (SSSR count). The summed E-state index contributed by atoms with van der Waals surface area (Å²) in [5.41, 5.74) is 0. The van der Waals surface area contributed by atoms with E-state index >= 15 is 0 Å². The molecule has 7 N–H and O–H groups in total. The Morgan fingerprint density at radius 1 is 0.562 bits per heavy atom. The monoisotopic (exact) mass is 925 g/mol. The fraction of sp³-hybridized carbons (Fsp3) is 0.673. The summed E-state index contributed by atoms with van der Waals surface area (Å²) in [4.78, 5) is 35.7. The average molecular weight is 925 g/mol. The first-order valence-electron chi connectivity index (χ1n) is 23.5. The zero-order valence-corrected chi connectivity index (χ0v) is 39.3.